The standard InChI is InChI=1S/C17H23N3OS3/c1-4-5-11-22-16-19-20-17(24-16)23-13(3)15(21)18-12(2)14-9-7-6-8-10-14/h6-10,12-13H,4-5,11H2,1-3H3,(H,18,21). The topological polar surface area (TPSA) is 54.9 Å². The molecule has 1 aromatic heterocycles. The second-order valence-corrected chi connectivity index (χ2v) is 9.34. The Balaban J connectivity index is 1.83. The zero-order valence-electron chi connectivity index (χ0n) is 14.2. The summed E-state index contributed by atoms with van der Waals surface area (Å²) >= 11 is 4.78. The molecule has 1 N–H and O–H groups in total. The predicted octanol–water partition coefficient (Wildman–Crippen LogP) is 4.79. The van der Waals surface area contributed by atoms with E-state index in [1.807, 2.05) is 44.2 Å². The Morgan fingerprint density at radius 1 is 1.21 bits per heavy atom. The maximum atomic E-state index is 12.4. The minimum Gasteiger partial charge on any atom is -0.349 e. The summed E-state index contributed by atoms with van der Waals surface area (Å²) in [4.78, 5) is 12.4. The van der Waals surface area contributed by atoms with Gasteiger partial charge in [0.15, 0.2) is 8.68 Å². The summed E-state index contributed by atoms with van der Waals surface area (Å²) in [6.45, 7) is 6.08. The zero-order chi connectivity index (χ0) is 17.4. The third-order valence-electron chi connectivity index (χ3n) is 3.42. The molecular weight excluding hydrogens is 358 g/mol. The lowest BCUT2D eigenvalue weighted by molar-refractivity contribution is -0.120. The summed E-state index contributed by atoms with van der Waals surface area (Å²) < 4.78 is 1.83. The van der Waals surface area contributed by atoms with Crippen molar-refractivity contribution in [3.05, 3.63) is 35.9 Å². The van der Waals surface area contributed by atoms with Gasteiger partial charge in [0, 0.05) is 5.75 Å². The molecule has 0 aliphatic rings. The van der Waals surface area contributed by atoms with Crippen LogP contribution >= 0.6 is 34.9 Å². The van der Waals surface area contributed by atoms with Gasteiger partial charge in [-0.1, -0.05) is 78.5 Å². The number of rotatable bonds is 9. The molecule has 1 aromatic carbocycles. The molecule has 7 heteroatoms. The van der Waals surface area contributed by atoms with Crippen LogP contribution in [-0.4, -0.2) is 27.1 Å². The normalized spacial score (nSPS) is 13.5. The lowest BCUT2D eigenvalue weighted by Gasteiger charge is -2.17. The van der Waals surface area contributed by atoms with Gasteiger partial charge in [0.1, 0.15) is 0 Å². The van der Waals surface area contributed by atoms with E-state index >= 15 is 0 Å². The van der Waals surface area contributed by atoms with Gasteiger partial charge in [0.25, 0.3) is 0 Å². The first kappa shape index (κ1) is 19.3. The van der Waals surface area contributed by atoms with Crippen molar-refractivity contribution in [2.75, 3.05) is 5.75 Å². The van der Waals surface area contributed by atoms with Gasteiger partial charge < -0.3 is 5.32 Å². The van der Waals surface area contributed by atoms with E-state index < -0.39 is 0 Å². The minimum atomic E-state index is -0.197. The average Bonchev–Trinajstić information content (AvgIpc) is 3.03. The molecule has 0 saturated heterocycles. The zero-order valence-corrected chi connectivity index (χ0v) is 16.6. The smallest absolute Gasteiger partial charge is 0.233 e. The van der Waals surface area contributed by atoms with Gasteiger partial charge >= 0.3 is 0 Å². The first-order valence-corrected chi connectivity index (χ1v) is 10.8. The molecule has 0 spiro atoms. The van der Waals surface area contributed by atoms with E-state index in [4.69, 9.17) is 0 Å². The maximum Gasteiger partial charge on any atom is 0.233 e. The Kier molecular flexibility index (Phi) is 8.08. The van der Waals surface area contributed by atoms with E-state index in [-0.39, 0.29) is 17.2 Å². The number of amides is 1. The number of aromatic nitrogens is 2. The highest BCUT2D eigenvalue weighted by Crippen LogP contribution is 2.31. The third-order valence-corrected chi connectivity index (χ3v) is 6.74. The van der Waals surface area contributed by atoms with Crippen molar-refractivity contribution in [3.63, 3.8) is 0 Å². The molecule has 0 saturated carbocycles. The number of nitrogens with zero attached hydrogens (tertiary/aromatic N) is 2. The van der Waals surface area contributed by atoms with Crippen LogP contribution in [0.1, 0.15) is 45.2 Å². The highest BCUT2D eigenvalue weighted by atomic mass is 32.2. The number of hydrogen-bond donors (Lipinski definition) is 1. The average molecular weight is 382 g/mol. The second kappa shape index (κ2) is 10.1. The van der Waals surface area contributed by atoms with E-state index in [0.29, 0.717) is 0 Å². The first-order chi connectivity index (χ1) is 11.6. The fraction of sp³-hybridized carbons (Fsp3) is 0.471. The summed E-state index contributed by atoms with van der Waals surface area (Å²) in [5.41, 5.74) is 1.11. The van der Waals surface area contributed by atoms with E-state index in [2.05, 4.69) is 22.4 Å². The lowest BCUT2D eigenvalue weighted by atomic mass is 10.1. The van der Waals surface area contributed by atoms with Gasteiger partial charge in [-0.2, -0.15) is 0 Å². The van der Waals surface area contributed by atoms with Crippen molar-refractivity contribution in [3.8, 4) is 0 Å². The van der Waals surface area contributed by atoms with Crippen LogP contribution in [0.3, 0.4) is 0 Å². The van der Waals surface area contributed by atoms with Crippen LogP contribution in [0.2, 0.25) is 0 Å². The first-order valence-electron chi connectivity index (χ1n) is 8.08. The van der Waals surface area contributed by atoms with Crippen molar-refractivity contribution in [2.24, 2.45) is 0 Å². The van der Waals surface area contributed by atoms with E-state index in [9.17, 15) is 4.79 Å². The van der Waals surface area contributed by atoms with Crippen LogP contribution in [0.15, 0.2) is 39.0 Å². The van der Waals surface area contributed by atoms with Gasteiger partial charge in [-0.15, -0.1) is 10.2 Å². The van der Waals surface area contributed by atoms with Crippen LogP contribution < -0.4 is 5.32 Å². The molecule has 130 valence electrons. The van der Waals surface area contributed by atoms with E-state index in [1.54, 1.807) is 23.1 Å². The Hall–Kier alpha value is -1.05. The number of benzene rings is 1. The Bertz CT molecular complexity index is 633. The monoisotopic (exact) mass is 381 g/mol. The fourth-order valence-electron chi connectivity index (χ4n) is 1.97. The molecule has 1 heterocycles. The highest BCUT2D eigenvalue weighted by molar-refractivity contribution is 8.03. The van der Waals surface area contributed by atoms with Crippen LogP contribution in [0.5, 0.6) is 0 Å². The van der Waals surface area contributed by atoms with Gasteiger partial charge in [-0.3, -0.25) is 4.79 Å². The molecule has 2 aromatic rings. The number of thioether (sulfide) groups is 2. The van der Waals surface area contributed by atoms with Crippen LogP contribution in [0.4, 0.5) is 0 Å². The largest absolute Gasteiger partial charge is 0.349 e. The molecule has 4 nitrogen and oxygen atoms in total. The van der Waals surface area contributed by atoms with Crippen LogP contribution in [0, 0.1) is 0 Å². The summed E-state index contributed by atoms with van der Waals surface area (Å²) in [7, 11) is 0. The second-order valence-electron chi connectivity index (χ2n) is 5.44. The molecule has 2 rings (SSSR count). The van der Waals surface area contributed by atoms with Crippen molar-refractivity contribution in [1.29, 1.82) is 0 Å². The molecule has 24 heavy (non-hydrogen) atoms. The summed E-state index contributed by atoms with van der Waals surface area (Å²) in [5, 5.41) is 11.2. The maximum absolute atomic E-state index is 12.4. The van der Waals surface area contributed by atoms with Gasteiger partial charge in [-0.25, -0.2) is 0 Å². The molecular formula is C17H23N3OS3. The molecule has 2 unspecified atom stereocenters. The van der Waals surface area contributed by atoms with Gasteiger partial charge in [0.05, 0.1) is 11.3 Å². The molecule has 0 aliphatic carbocycles. The number of nitrogens with one attached hydrogen (secondary N) is 1. The molecule has 0 fully saturated rings. The fourth-order valence-corrected chi connectivity index (χ4v) is 5.29. The molecule has 0 aliphatic heterocycles. The molecule has 0 bridgehead atoms. The Labute approximate surface area is 156 Å². The lowest BCUT2D eigenvalue weighted by Crippen LogP contribution is -2.33. The highest BCUT2D eigenvalue weighted by Gasteiger charge is 2.19. The van der Waals surface area contributed by atoms with Crippen LogP contribution in [0.25, 0.3) is 0 Å². The van der Waals surface area contributed by atoms with Crippen molar-refractivity contribution < 1.29 is 4.79 Å². The van der Waals surface area contributed by atoms with Gasteiger partial charge in [-0.05, 0) is 25.8 Å². The number of unbranched alkanes of at least 4 members (excludes halogenated alkanes) is 1. The van der Waals surface area contributed by atoms with Crippen LogP contribution in [-0.2, 0) is 4.79 Å². The van der Waals surface area contributed by atoms with E-state index in [0.717, 1.165) is 20.0 Å². The summed E-state index contributed by atoms with van der Waals surface area (Å²) in [6, 6.07) is 9.98. The Morgan fingerprint density at radius 2 is 1.92 bits per heavy atom. The van der Waals surface area contributed by atoms with Crippen molar-refractivity contribution in [2.45, 2.75) is 53.6 Å². The predicted molar refractivity (Wildman–Crippen MR) is 104 cm³/mol. The third kappa shape index (κ3) is 6.11. The quantitative estimate of drug-likeness (QED) is 0.500. The van der Waals surface area contributed by atoms with Crippen molar-refractivity contribution in [1.82, 2.24) is 15.5 Å². The summed E-state index contributed by atoms with van der Waals surface area (Å²) in [5.74, 6) is 1.09. The van der Waals surface area contributed by atoms with Gasteiger partial charge in [0.2, 0.25) is 5.91 Å². The number of hydrogen-bond acceptors (Lipinski definition) is 6. The number of carbonyl (C=O) groups is 1. The molecule has 2 atom stereocenters. The van der Waals surface area contributed by atoms with E-state index in [1.165, 1.54) is 24.6 Å². The molecule has 1 amide bonds. The Morgan fingerprint density at radius 3 is 2.62 bits per heavy atom. The minimum absolute atomic E-state index is 0.00340. The molecule has 0 radical (unpaired) electrons. The number of carbonyl (C=O) groups excluding carboxylic acids is 1. The summed E-state index contributed by atoms with van der Waals surface area (Å²) in [6.07, 6.45) is 2.37. The SMILES string of the molecule is CCCCSc1nnc(SC(C)C(=O)NC(C)c2ccccc2)s1. The van der Waals surface area contributed by atoms with Crippen molar-refractivity contribution >= 4 is 40.8 Å².